The highest BCUT2D eigenvalue weighted by atomic mass is 16.5. The summed E-state index contributed by atoms with van der Waals surface area (Å²) in [5.41, 5.74) is -0.118. The summed E-state index contributed by atoms with van der Waals surface area (Å²) in [7, 11) is 0. The molecule has 3 amide bonds. The number of carbonyl (C=O) groups excluding carboxylic acids is 2. The number of nitrogens with one attached hydrogen (secondary N) is 1. The largest absolute Gasteiger partial charge is 0.480 e. The van der Waals surface area contributed by atoms with Crippen molar-refractivity contribution in [2.24, 2.45) is 5.10 Å². The molecule has 2 fully saturated rings. The number of nitrogens with zero attached hydrogens (tertiary/aromatic N) is 2. The average Bonchev–Trinajstić information content (AvgIpc) is 2.94. The Labute approximate surface area is 163 Å². The monoisotopic (exact) mass is 375 g/mol. The first-order valence-corrected chi connectivity index (χ1v) is 9.43. The first-order valence-electron chi connectivity index (χ1n) is 9.43. The Morgan fingerprint density at radius 3 is 2.75 bits per heavy atom. The van der Waals surface area contributed by atoms with E-state index in [1.165, 1.54) is 6.21 Å². The van der Waals surface area contributed by atoms with Gasteiger partial charge in [-0.25, -0.2) is 4.79 Å². The number of terminal acetylenes is 1. The molecule has 0 unspecified atom stereocenters. The van der Waals surface area contributed by atoms with E-state index < -0.39 is 11.6 Å². The lowest BCUT2D eigenvalue weighted by Gasteiger charge is -2.29. The van der Waals surface area contributed by atoms with Gasteiger partial charge in [-0.1, -0.05) is 55.5 Å². The van der Waals surface area contributed by atoms with Gasteiger partial charge in [0.2, 0.25) is 0 Å². The summed E-state index contributed by atoms with van der Waals surface area (Å²) in [4.78, 5) is 25.3. The van der Waals surface area contributed by atoms with E-state index in [0.717, 1.165) is 35.0 Å². The summed E-state index contributed by atoms with van der Waals surface area (Å²) in [6.07, 6.45) is 11.1. The van der Waals surface area contributed by atoms with E-state index in [2.05, 4.69) is 16.3 Å². The Kier molecular flexibility index (Phi) is 4.74. The van der Waals surface area contributed by atoms with Crippen molar-refractivity contribution >= 4 is 28.9 Å². The molecular formula is C22H21N3O3. The Morgan fingerprint density at radius 1 is 1.18 bits per heavy atom. The Balaban J connectivity index is 1.69. The molecule has 1 aliphatic carbocycles. The summed E-state index contributed by atoms with van der Waals surface area (Å²) in [5, 5.41) is 9.94. The molecule has 6 heteroatoms. The van der Waals surface area contributed by atoms with Crippen LogP contribution in [0.4, 0.5) is 4.79 Å². The SMILES string of the molecule is C#CCOc1ccc2ccccc2c1/C=N\N1C(=O)NC2(CCCCC2)C1=O. The number of imide groups is 1. The number of rotatable bonds is 4. The highest BCUT2D eigenvalue weighted by Gasteiger charge is 2.51. The molecule has 2 aliphatic rings. The lowest BCUT2D eigenvalue weighted by atomic mass is 9.82. The molecule has 1 saturated heterocycles. The van der Waals surface area contributed by atoms with Crippen LogP contribution in [-0.4, -0.2) is 35.3 Å². The normalized spacial score (nSPS) is 18.6. The van der Waals surface area contributed by atoms with Crippen molar-refractivity contribution in [2.75, 3.05) is 6.61 Å². The second-order valence-corrected chi connectivity index (χ2v) is 7.13. The first kappa shape index (κ1) is 18.1. The zero-order valence-electron chi connectivity index (χ0n) is 15.5. The minimum absolute atomic E-state index is 0.116. The molecule has 28 heavy (non-hydrogen) atoms. The smallest absolute Gasteiger partial charge is 0.346 e. The van der Waals surface area contributed by atoms with Gasteiger partial charge < -0.3 is 10.1 Å². The van der Waals surface area contributed by atoms with Crippen LogP contribution in [-0.2, 0) is 4.79 Å². The highest BCUT2D eigenvalue weighted by Crippen LogP contribution is 2.34. The number of benzene rings is 2. The van der Waals surface area contributed by atoms with Crippen LogP contribution in [0.15, 0.2) is 41.5 Å². The van der Waals surface area contributed by atoms with E-state index in [-0.39, 0.29) is 12.5 Å². The molecule has 0 aromatic heterocycles. The van der Waals surface area contributed by atoms with E-state index >= 15 is 0 Å². The fourth-order valence-electron chi connectivity index (χ4n) is 3.97. The van der Waals surface area contributed by atoms with Gasteiger partial charge in [-0.2, -0.15) is 5.10 Å². The number of hydrogen-bond donors (Lipinski definition) is 1. The molecule has 0 bridgehead atoms. The Hall–Kier alpha value is -3.33. The van der Waals surface area contributed by atoms with Gasteiger partial charge in [0, 0.05) is 5.56 Å². The fraction of sp³-hybridized carbons (Fsp3) is 0.318. The zero-order valence-corrected chi connectivity index (χ0v) is 15.5. The van der Waals surface area contributed by atoms with Gasteiger partial charge in [0.1, 0.15) is 17.9 Å². The van der Waals surface area contributed by atoms with Gasteiger partial charge in [-0.3, -0.25) is 4.79 Å². The third kappa shape index (κ3) is 3.09. The van der Waals surface area contributed by atoms with Crippen molar-refractivity contribution in [3.05, 3.63) is 42.0 Å². The lowest BCUT2D eigenvalue weighted by molar-refractivity contribution is -0.132. The number of ether oxygens (including phenoxy) is 1. The van der Waals surface area contributed by atoms with Crippen molar-refractivity contribution in [1.82, 2.24) is 10.3 Å². The van der Waals surface area contributed by atoms with Crippen LogP contribution >= 0.6 is 0 Å². The maximum absolute atomic E-state index is 12.9. The molecular weight excluding hydrogens is 354 g/mol. The molecule has 1 spiro atoms. The predicted octanol–water partition coefficient (Wildman–Crippen LogP) is 3.44. The maximum Gasteiger partial charge on any atom is 0.346 e. The average molecular weight is 375 g/mol. The minimum Gasteiger partial charge on any atom is -0.480 e. The van der Waals surface area contributed by atoms with Gasteiger partial charge in [0.25, 0.3) is 5.91 Å². The Morgan fingerprint density at radius 2 is 1.96 bits per heavy atom. The van der Waals surface area contributed by atoms with E-state index in [1.807, 2.05) is 36.4 Å². The molecule has 0 atom stereocenters. The van der Waals surface area contributed by atoms with Crippen LogP contribution in [0.25, 0.3) is 10.8 Å². The topological polar surface area (TPSA) is 71.0 Å². The predicted molar refractivity (Wildman–Crippen MR) is 107 cm³/mol. The Bertz CT molecular complexity index is 1000. The van der Waals surface area contributed by atoms with Crippen LogP contribution < -0.4 is 10.1 Å². The van der Waals surface area contributed by atoms with Gasteiger partial charge in [0.15, 0.2) is 0 Å². The highest BCUT2D eigenvalue weighted by molar-refractivity contribution is 6.08. The molecule has 1 N–H and O–H groups in total. The molecule has 4 rings (SSSR count). The first-order chi connectivity index (χ1) is 13.6. The standard InChI is InChI=1S/C22H21N3O3/c1-2-14-28-19-11-10-16-8-4-5-9-17(16)18(19)15-23-25-20(26)22(24-21(25)27)12-6-3-7-13-22/h1,4-5,8-11,15H,3,6-7,12-14H2,(H,24,27)/b23-15-. The van der Waals surface area contributed by atoms with Crippen LogP contribution in [0.2, 0.25) is 0 Å². The van der Waals surface area contributed by atoms with Crippen molar-refractivity contribution in [1.29, 1.82) is 0 Å². The summed E-state index contributed by atoms with van der Waals surface area (Å²) in [5.74, 6) is 2.72. The summed E-state index contributed by atoms with van der Waals surface area (Å²) in [6, 6.07) is 11.0. The van der Waals surface area contributed by atoms with Crippen molar-refractivity contribution in [2.45, 2.75) is 37.6 Å². The van der Waals surface area contributed by atoms with Gasteiger partial charge in [-0.15, -0.1) is 11.4 Å². The molecule has 2 aromatic rings. The number of hydrogen-bond acceptors (Lipinski definition) is 4. The molecule has 1 heterocycles. The van der Waals surface area contributed by atoms with E-state index in [9.17, 15) is 9.59 Å². The second kappa shape index (κ2) is 7.35. The van der Waals surface area contributed by atoms with Crippen molar-refractivity contribution in [3.8, 4) is 18.1 Å². The third-order valence-electron chi connectivity index (χ3n) is 5.39. The van der Waals surface area contributed by atoms with Gasteiger partial charge in [0.05, 0.1) is 6.21 Å². The molecule has 2 aromatic carbocycles. The van der Waals surface area contributed by atoms with E-state index in [4.69, 9.17) is 11.2 Å². The van der Waals surface area contributed by atoms with Crippen LogP contribution in [0.3, 0.4) is 0 Å². The van der Waals surface area contributed by atoms with Crippen LogP contribution in [0.5, 0.6) is 5.75 Å². The molecule has 0 radical (unpaired) electrons. The number of fused-ring (bicyclic) bond motifs is 1. The van der Waals surface area contributed by atoms with E-state index in [1.54, 1.807) is 0 Å². The molecule has 1 aliphatic heterocycles. The minimum atomic E-state index is -0.797. The quantitative estimate of drug-likeness (QED) is 0.506. The maximum atomic E-state index is 12.9. The zero-order chi connectivity index (χ0) is 19.6. The molecule has 6 nitrogen and oxygen atoms in total. The number of hydrazone groups is 1. The van der Waals surface area contributed by atoms with Crippen LogP contribution in [0.1, 0.15) is 37.7 Å². The summed E-state index contributed by atoms with van der Waals surface area (Å²) >= 11 is 0. The number of amides is 3. The number of urea groups is 1. The fourth-order valence-corrected chi connectivity index (χ4v) is 3.97. The van der Waals surface area contributed by atoms with Gasteiger partial charge in [-0.05, 0) is 29.7 Å². The molecule has 142 valence electrons. The van der Waals surface area contributed by atoms with Gasteiger partial charge >= 0.3 is 6.03 Å². The van der Waals surface area contributed by atoms with Crippen molar-refractivity contribution in [3.63, 3.8) is 0 Å². The van der Waals surface area contributed by atoms with E-state index in [0.29, 0.717) is 24.2 Å². The van der Waals surface area contributed by atoms with Crippen molar-refractivity contribution < 1.29 is 14.3 Å². The van der Waals surface area contributed by atoms with Crippen LogP contribution in [0, 0.1) is 12.3 Å². The summed E-state index contributed by atoms with van der Waals surface area (Å²) < 4.78 is 5.64. The third-order valence-corrected chi connectivity index (χ3v) is 5.39. The second-order valence-electron chi connectivity index (χ2n) is 7.13. The number of carbonyl (C=O) groups is 2. The summed E-state index contributed by atoms with van der Waals surface area (Å²) in [6.45, 7) is 0.116. The lowest BCUT2D eigenvalue weighted by Crippen LogP contribution is -2.48. The molecule has 1 saturated carbocycles.